The van der Waals surface area contributed by atoms with Crippen molar-refractivity contribution in [3.05, 3.63) is 34.3 Å². The van der Waals surface area contributed by atoms with Gasteiger partial charge < -0.3 is 4.43 Å². The molecule has 1 aromatic carbocycles. The van der Waals surface area contributed by atoms with E-state index in [1.165, 1.54) is 0 Å². The molecular formula is C14H20ClO2Si. The number of hydrogen-bond acceptors (Lipinski definition) is 2. The zero-order chi connectivity index (χ0) is 13.9. The monoisotopic (exact) mass is 283 g/mol. The maximum Gasteiger partial charge on any atom is 0.205 e. The van der Waals surface area contributed by atoms with Gasteiger partial charge in [0.25, 0.3) is 0 Å². The van der Waals surface area contributed by atoms with E-state index in [4.69, 9.17) is 16.0 Å². The van der Waals surface area contributed by atoms with Crippen LogP contribution < -0.4 is 0 Å². The Morgan fingerprint density at radius 3 is 2.39 bits per heavy atom. The maximum atomic E-state index is 10.9. The summed E-state index contributed by atoms with van der Waals surface area (Å²) in [5.41, 5.74) is 1.47. The second-order valence-electron chi connectivity index (χ2n) is 5.67. The Morgan fingerprint density at radius 2 is 1.94 bits per heavy atom. The van der Waals surface area contributed by atoms with E-state index in [2.05, 4.69) is 33.9 Å². The molecule has 99 valence electrons. The van der Waals surface area contributed by atoms with Crippen LogP contribution in [0, 0.1) is 5.41 Å². The lowest BCUT2D eigenvalue weighted by atomic mass is 9.84. The molecule has 0 saturated carbocycles. The van der Waals surface area contributed by atoms with E-state index in [9.17, 15) is 4.79 Å². The topological polar surface area (TPSA) is 26.3 Å². The summed E-state index contributed by atoms with van der Waals surface area (Å²) in [6.45, 7) is 10.5. The minimum atomic E-state index is -0.846. The van der Waals surface area contributed by atoms with Crippen LogP contribution in [0.1, 0.15) is 42.8 Å². The van der Waals surface area contributed by atoms with Gasteiger partial charge in [0.15, 0.2) is 0 Å². The first-order valence-corrected chi connectivity index (χ1v) is 8.75. The zero-order valence-electron chi connectivity index (χ0n) is 11.6. The average molecular weight is 284 g/mol. The van der Waals surface area contributed by atoms with E-state index < -0.39 is 9.04 Å². The van der Waals surface area contributed by atoms with Gasteiger partial charge in [0, 0.05) is 10.6 Å². The highest BCUT2D eigenvalue weighted by molar-refractivity contribution is 6.48. The fourth-order valence-electron chi connectivity index (χ4n) is 1.78. The number of rotatable bonds is 4. The quantitative estimate of drug-likeness (QED) is 0.600. The smallest absolute Gasteiger partial charge is 0.205 e. The Labute approximate surface area is 116 Å². The third-order valence-corrected chi connectivity index (χ3v) is 3.63. The largest absolute Gasteiger partial charge is 0.410 e. The molecule has 1 atom stereocenters. The molecule has 0 fully saturated rings. The summed E-state index contributed by atoms with van der Waals surface area (Å²) in [7, 11) is -0.846. The molecule has 0 aliphatic carbocycles. The van der Waals surface area contributed by atoms with Crippen molar-refractivity contribution in [2.75, 3.05) is 0 Å². The van der Waals surface area contributed by atoms with Crippen molar-refractivity contribution in [2.45, 2.75) is 40.0 Å². The second kappa shape index (κ2) is 6.00. The van der Waals surface area contributed by atoms with Gasteiger partial charge >= 0.3 is 0 Å². The molecule has 0 saturated heterocycles. The Morgan fingerprint density at radius 1 is 1.33 bits per heavy atom. The molecule has 0 spiro atoms. The van der Waals surface area contributed by atoms with Crippen molar-refractivity contribution in [3.8, 4) is 0 Å². The Hall–Kier alpha value is -0.643. The normalized spacial score (nSPS) is 13.7. The summed E-state index contributed by atoms with van der Waals surface area (Å²) in [6, 6.07) is 5.32. The van der Waals surface area contributed by atoms with Crippen LogP contribution in [0.25, 0.3) is 0 Å². The number of halogens is 1. The number of hydrogen-bond donors (Lipinski definition) is 0. The van der Waals surface area contributed by atoms with Gasteiger partial charge in [0.2, 0.25) is 9.04 Å². The van der Waals surface area contributed by atoms with Crippen LogP contribution in [0.2, 0.25) is 18.1 Å². The van der Waals surface area contributed by atoms with Crippen molar-refractivity contribution in [2.24, 2.45) is 5.41 Å². The third kappa shape index (κ3) is 3.94. The molecule has 1 unspecified atom stereocenters. The van der Waals surface area contributed by atoms with Crippen molar-refractivity contribution in [3.63, 3.8) is 0 Å². The number of benzene rings is 1. The van der Waals surface area contributed by atoms with Gasteiger partial charge in [-0.25, -0.2) is 0 Å². The lowest BCUT2D eigenvalue weighted by Crippen LogP contribution is -2.26. The van der Waals surface area contributed by atoms with E-state index in [0.717, 1.165) is 11.8 Å². The average Bonchev–Trinajstić information content (AvgIpc) is 2.25. The van der Waals surface area contributed by atoms with Crippen LogP contribution in [-0.4, -0.2) is 15.3 Å². The van der Waals surface area contributed by atoms with Crippen molar-refractivity contribution < 1.29 is 9.22 Å². The van der Waals surface area contributed by atoms with Gasteiger partial charge in [-0.3, -0.25) is 4.79 Å². The molecule has 0 aromatic heterocycles. The highest BCUT2D eigenvalue weighted by atomic mass is 35.5. The number of carbonyl (C=O) groups excluding carboxylic acids is 1. The van der Waals surface area contributed by atoms with Gasteiger partial charge in [-0.15, -0.1) is 0 Å². The fraction of sp³-hybridized carbons (Fsp3) is 0.500. The Bertz CT molecular complexity index is 424. The summed E-state index contributed by atoms with van der Waals surface area (Å²) in [5, 5.41) is 0.656. The van der Waals surface area contributed by atoms with Crippen LogP contribution in [-0.2, 0) is 4.43 Å². The standard InChI is InChI=1S/C14H20ClO2Si/c1-14(2,3)13(17-18(4)5)11-8-10(9-16)6-7-12(11)15/h6-9,13H,1-5H3. The van der Waals surface area contributed by atoms with Crippen LogP contribution >= 0.6 is 11.6 Å². The molecule has 1 aromatic rings. The highest BCUT2D eigenvalue weighted by Crippen LogP contribution is 2.39. The summed E-state index contributed by atoms with van der Waals surface area (Å²) in [4.78, 5) is 10.9. The molecule has 1 radical (unpaired) electrons. The number of aldehydes is 1. The molecular weight excluding hydrogens is 264 g/mol. The first kappa shape index (κ1) is 15.4. The lowest BCUT2D eigenvalue weighted by Gasteiger charge is -2.33. The summed E-state index contributed by atoms with van der Waals surface area (Å²) < 4.78 is 6.08. The predicted octanol–water partition coefficient (Wildman–Crippen LogP) is 4.51. The maximum absolute atomic E-state index is 10.9. The minimum absolute atomic E-state index is 0.0624. The minimum Gasteiger partial charge on any atom is -0.410 e. The summed E-state index contributed by atoms with van der Waals surface area (Å²) >= 11 is 6.25. The van der Waals surface area contributed by atoms with Gasteiger partial charge in [-0.1, -0.05) is 38.4 Å². The van der Waals surface area contributed by atoms with E-state index >= 15 is 0 Å². The van der Waals surface area contributed by atoms with Gasteiger partial charge in [-0.05, 0) is 36.2 Å². The fourth-order valence-corrected chi connectivity index (χ4v) is 2.95. The van der Waals surface area contributed by atoms with Crippen molar-refractivity contribution in [1.29, 1.82) is 0 Å². The van der Waals surface area contributed by atoms with Crippen LogP contribution in [0.5, 0.6) is 0 Å². The van der Waals surface area contributed by atoms with Gasteiger partial charge in [0.05, 0.1) is 6.10 Å². The molecule has 0 heterocycles. The predicted molar refractivity (Wildman–Crippen MR) is 77.6 cm³/mol. The van der Waals surface area contributed by atoms with Crippen molar-refractivity contribution in [1.82, 2.24) is 0 Å². The Balaban J connectivity index is 3.23. The second-order valence-corrected chi connectivity index (χ2v) is 8.13. The van der Waals surface area contributed by atoms with Gasteiger partial charge in [0.1, 0.15) is 6.29 Å². The third-order valence-electron chi connectivity index (χ3n) is 2.58. The van der Waals surface area contributed by atoms with Gasteiger partial charge in [-0.2, -0.15) is 0 Å². The van der Waals surface area contributed by atoms with Crippen LogP contribution in [0.4, 0.5) is 0 Å². The number of carbonyl (C=O) groups is 1. The Kier molecular flexibility index (Phi) is 5.14. The highest BCUT2D eigenvalue weighted by Gasteiger charge is 2.29. The lowest BCUT2D eigenvalue weighted by molar-refractivity contribution is 0.0865. The first-order valence-electron chi connectivity index (χ1n) is 5.97. The van der Waals surface area contributed by atoms with E-state index in [1.54, 1.807) is 12.1 Å². The molecule has 1 rings (SSSR count). The van der Waals surface area contributed by atoms with E-state index in [-0.39, 0.29) is 11.5 Å². The molecule has 0 aliphatic heterocycles. The molecule has 0 amide bonds. The molecule has 0 bridgehead atoms. The molecule has 4 heteroatoms. The van der Waals surface area contributed by atoms with Crippen LogP contribution in [0.3, 0.4) is 0 Å². The molecule has 0 N–H and O–H groups in total. The molecule has 0 aliphatic rings. The van der Waals surface area contributed by atoms with Crippen molar-refractivity contribution >= 4 is 26.9 Å². The summed E-state index contributed by atoms with van der Waals surface area (Å²) in [5.74, 6) is 0. The van der Waals surface area contributed by atoms with E-state index in [0.29, 0.717) is 10.6 Å². The summed E-state index contributed by atoms with van der Waals surface area (Å²) in [6.07, 6.45) is 0.748. The van der Waals surface area contributed by atoms with E-state index in [1.807, 2.05) is 6.07 Å². The van der Waals surface area contributed by atoms with Crippen LogP contribution in [0.15, 0.2) is 18.2 Å². The molecule has 18 heavy (non-hydrogen) atoms. The first-order chi connectivity index (χ1) is 8.25. The zero-order valence-corrected chi connectivity index (χ0v) is 13.3. The molecule has 2 nitrogen and oxygen atoms in total. The SMILES string of the molecule is C[Si](C)OC(c1cc(C=O)ccc1Cl)C(C)(C)C.